The summed E-state index contributed by atoms with van der Waals surface area (Å²) < 4.78 is 0. The summed E-state index contributed by atoms with van der Waals surface area (Å²) in [5.74, 6) is 1.69. The van der Waals surface area contributed by atoms with E-state index >= 15 is 0 Å². The third kappa shape index (κ3) is 2.79. The molecular formula is C20H20N2O. The van der Waals surface area contributed by atoms with E-state index in [0.717, 1.165) is 22.4 Å². The first kappa shape index (κ1) is 14.2. The molecule has 3 aromatic rings. The third-order valence-corrected chi connectivity index (χ3v) is 4.79. The average Bonchev–Trinajstić information content (AvgIpc) is 3.06. The number of rotatable bonds is 3. The Morgan fingerprint density at radius 2 is 1.74 bits per heavy atom. The Labute approximate surface area is 135 Å². The van der Waals surface area contributed by atoms with E-state index in [2.05, 4.69) is 4.98 Å². The average molecular weight is 304 g/mol. The van der Waals surface area contributed by atoms with E-state index in [1.165, 1.54) is 32.1 Å². The van der Waals surface area contributed by atoms with Crippen molar-refractivity contribution in [3.8, 4) is 0 Å². The van der Waals surface area contributed by atoms with E-state index in [1.807, 2.05) is 48.5 Å². The maximum absolute atomic E-state index is 12.6. The highest BCUT2D eigenvalue weighted by molar-refractivity contribution is 6.10. The Morgan fingerprint density at radius 3 is 2.52 bits per heavy atom. The quantitative estimate of drug-likeness (QED) is 0.704. The molecule has 3 nitrogen and oxygen atoms in total. The van der Waals surface area contributed by atoms with Crippen molar-refractivity contribution in [1.82, 2.24) is 9.97 Å². The number of carbonyl (C=O) groups is 1. The van der Waals surface area contributed by atoms with Crippen LogP contribution in [0.3, 0.4) is 0 Å². The number of fused-ring (bicyclic) bond motifs is 1. The minimum absolute atomic E-state index is 0.0568. The van der Waals surface area contributed by atoms with Gasteiger partial charge in [0.1, 0.15) is 5.82 Å². The molecule has 4 rings (SSSR count). The van der Waals surface area contributed by atoms with Gasteiger partial charge in [0, 0.05) is 17.0 Å². The number of aromatic nitrogens is 2. The molecule has 0 aliphatic heterocycles. The SMILES string of the molecule is O=C(c1ccccc1)c1ccc2nc(C3CCCCC3)[nH]c2c1. The number of hydrogen-bond donors (Lipinski definition) is 1. The molecule has 0 radical (unpaired) electrons. The Kier molecular flexibility index (Phi) is 3.70. The Hall–Kier alpha value is -2.42. The zero-order valence-electron chi connectivity index (χ0n) is 13.1. The van der Waals surface area contributed by atoms with Crippen molar-refractivity contribution in [2.75, 3.05) is 0 Å². The van der Waals surface area contributed by atoms with Gasteiger partial charge in [-0.1, -0.05) is 49.6 Å². The maximum Gasteiger partial charge on any atom is 0.193 e. The lowest BCUT2D eigenvalue weighted by atomic mass is 9.89. The first-order chi connectivity index (χ1) is 11.3. The molecule has 1 N–H and O–H groups in total. The van der Waals surface area contributed by atoms with Gasteiger partial charge in [0.15, 0.2) is 5.78 Å². The lowest BCUT2D eigenvalue weighted by Gasteiger charge is -2.18. The topological polar surface area (TPSA) is 45.8 Å². The molecule has 0 amide bonds. The molecule has 2 aromatic carbocycles. The van der Waals surface area contributed by atoms with Crippen molar-refractivity contribution >= 4 is 16.8 Å². The van der Waals surface area contributed by atoms with E-state index in [1.54, 1.807) is 0 Å². The van der Waals surface area contributed by atoms with Gasteiger partial charge in [-0.3, -0.25) is 4.79 Å². The van der Waals surface area contributed by atoms with Crippen LogP contribution in [0.1, 0.15) is 59.8 Å². The summed E-state index contributed by atoms with van der Waals surface area (Å²) in [6.07, 6.45) is 6.36. The second kappa shape index (κ2) is 5.99. The second-order valence-electron chi connectivity index (χ2n) is 6.38. The summed E-state index contributed by atoms with van der Waals surface area (Å²) in [6.45, 7) is 0. The van der Waals surface area contributed by atoms with Gasteiger partial charge in [-0.25, -0.2) is 4.98 Å². The molecule has 23 heavy (non-hydrogen) atoms. The van der Waals surface area contributed by atoms with Gasteiger partial charge in [0.05, 0.1) is 11.0 Å². The highest BCUT2D eigenvalue weighted by atomic mass is 16.1. The van der Waals surface area contributed by atoms with Crippen LogP contribution in [0.25, 0.3) is 11.0 Å². The molecule has 116 valence electrons. The van der Waals surface area contributed by atoms with Crippen LogP contribution in [0, 0.1) is 0 Å². The predicted octanol–water partition coefficient (Wildman–Crippen LogP) is 4.84. The van der Waals surface area contributed by atoms with Gasteiger partial charge >= 0.3 is 0 Å². The molecule has 1 aromatic heterocycles. The Morgan fingerprint density at radius 1 is 0.957 bits per heavy atom. The summed E-state index contributed by atoms with van der Waals surface area (Å²) >= 11 is 0. The fraction of sp³-hybridized carbons (Fsp3) is 0.300. The van der Waals surface area contributed by atoms with Crippen molar-refractivity contribution in [3.63, 3.8) is 0 Å². The smallest absolute Gasteiger partial charge is 0.193 e. The van der Waals surface area contributed by atoms with Crippen molar-refractivity contribution in [2.24, 2.45) is 0 Å². The Balaban J connectivity index is 1.66. The van der Waals surface area contributed by atoms with E-state index in [-0.39, 0.29) is 5.78 Å². The summed E-state index contributed by atoms with van der Waals surface area (Å²) in [5.41, 5.74) is 3.35. The number of nitrogens with zero attached hydrogens (tertiary/aromatic N) is 1. The van der Waals surface area contributed by atoms with Crippen LogP contribution >= 0.6 is 0 Å². The van der Waals surface area contributed by atoms with Gasteiger partial charge in [0.25, 0.3) is 0 Å². The predicted molar refractivity (Wildman–Crippen MR) is 91.8 cm³/mol. The van der Waals surface area contributed by atoms with Crippen molar-refractivity contribution in [2.45, 2.75) is 38.0 Å². The lowest BCUT2D eigenvalue weighted by Crippen LogP contribution is -2.05. The molecule has 1 heterocycles. The van der Waals surface area contributed by atoms with Gasteiger partial charge < -0.3 is 4.98 Å². The number of ketones is 1. The van der Waals surface area contributed by atoms with Crippen LogP contribution in [-0.4, -0.2) is 15.8 Å². The molecule has 1 saturated carbocycles. The van der Waals surface area contributed by atoms with Crippen LogP contribution in [-0.2, 0) is 0 Å². The van der Waals surface area contributed by atoms with Crippen LogP contribution in [0.15, 0.2) is 48.5 Å². The molecule has 0 atom stereocenters. The minimum atomic E-state index is 0.0568. The number of hydrogen-bond acceptors (Lipinski definition) is 2. The van der Waals surface area contributed by atoms with Crippen molar-refractivity contribution < 1.29 is 4.79 Å². The molecule has 0 unspecified atom stereocenters. The molecule has 3 heteroatoms. The van der Waals surface area contributed by atoms with E-state index in [9.17, 15) is 4.79 Å². The van der Waals surface area contributed by atoms with E-state index in [4.69, 9.17) is 4.98 Å². The zero-order chi connectivity index (χ0) is 15.6. The molecule has 1 fully saturated rings. The maximum atomic E-state index is 12.6. The molecule has 0 saturated heterocycles. The summed E-state index contributed by atoms with van der Waals surface area (Å²) in [7, 11) is 0. The molecule has 0 bridgehead atoms. The number of nitrogens with one attached hydrogen (secondary N) is 1. The van der Waals surface area contributed by atoms with Gasteiger partial charge in [-0.15, -0.1) is 0 Å². The highest BCUT2D eigenvalue weighted by Gasteiger charge is 2.19. The third-order valence-electron chi connectivity index (χ3n) is 4.79. The number of aromatic amines is 1. The van der Waals surface area contributed by atoms with Crippen LogP contribution < -0.4 is 0 Å². The van der Waals surface area contributed by atoms with Crippen molar-refractivity contribution in [3.05, 3.63) is 65.5 Å². The van der Waals surface area contributed by atoms with Crippen molar-refractivity contribution in [1.29, 1.82) is 0 Å². The highest BCUT2D eigenvalue weighted by Crippen LogP contribution is 2.32. The minimum Gasteiger partial charge on any atom is -0.342 e. The number of imidazole rings is 1. The normalized spacial score (nSPS) is 15.8. The van der Waals surface area contributed by atoms with E-state index in [0.29, 0.717) is 11.5 Å². The fourth-order valence-electron chi connectivity index (χ4n) is 3.50. The van der Waals surface area contributed by atoms with Crippen LogP contribution in [0.5, 0.6) is 0 Å². The second-order valence-corrected chi connectivity index (χ2v) is 6.38. The molecular weight excluding hydrogens is 284 g/mol. The number of benzene rings is 2. The molecule has 1 aliphatic carbocycles. The zero-order valence-corrected chi connectivity index (χ0v) is 13.1. The molecule has 1 aliphatic rings. The Bertz CT molecular complexity index is 829. The van der Waals surface area contributed by atoms with Gasteiger partial charge in [-0.2, -0.15) is 0 Å². The summed E-state index contributed by atoms with van der Waals surface area (Å²) in [4.78, 5) is 20.8. The first-order valence-corrected chi connectivity index (χ1v) is 8.41. The standard InChI is InChI=1S/C20H20N2O/c23-19(14-7-3-1-4-8-14)16-11-12-17-18(13-16)22-20(21-17)15-9-5-2-6-10-15/h1,3-4,7-8,11-13,15H,2,5-6,9-10H2,(H,21,22). The van der Waals surface area contributed by atoms with Gasteiger partial charge in [0.2, 0.25) is 0 Å². The monoisotopic (exact) mass is 304 g/mol. The summed E-state index contributed by atoms with van der Waals surface area (Å²) in [5, 5.41) is 0. The lowest BCUT2D eigenvalue weighted by molar-refractivity contribution is 0.103. The van der Waals surface area contributed by atoms with Crippen LogP contribution in [0.4, 0.5) is 0 Å². The number of carbonyl (C=O) groups excluding carboxylic acids is 1. The summed E-state index contributed by atoms with van der Waals surface area (Å²) in [6, 6.07) is 15.2. The van der Waals surface area contributed by atoms with Gasteiger partial charge in [-0.05, 0) is 31.0 Å². The van der Waals surface area contributed by atoms with E-state index < -0.39 is 0 Å². The fourth-order valence-corrected chi connectivity index (χ4v) is 3.50. The largest absolute Gasteiger partial charge is 0.342 e. The van der Waals surface area contributed by atoms with Crippen LogP contribution in [0.2, 0.25) is 0 Å². The number of H-pyrrole nitrogens is 1. The first-order valence-electron chi connectivity index (χ1n) is 8.41. The molecule has 0 spiro atoms.